The first kappa shape index (κ1) is 16.9. The second kappa shape index (κ2) is 6.50. The zero-order valence-electron chi connectivity index (χ0n) is 14.7. The van der Waals surface area contributed by atoms with Crippen LogP contribution in [-0.2, 0) is 6.54 Å². The lowest BCUT2D eigenvalue weighted by Gasteiger charge is -2.14. The van der Waals surface area contributed by atoms with Gasteiger partial charge in [0.2, 0.25) is 11.8 Å². The summed E-state index contributed by atoms with van der Waals surface area (Å²) in [4.78, 5) is 22.8. The number of H-pyrrole nitrogens is 1. The molecule has 0 amide bonds. The number of aromatic amines is 1. The van der Waals surface area contributed by atoms with Crippen LogP contribution in [0.15, 0.2) is 23.6 Å². The average Bonchev–Trinajstić information content (AvgIpc) is 3.14. The van der Waals surface area contributed by atoms with Crippen molar-refractivity contribution in [3.05, 3.63) is 29.1 Å². The Balaban J connectivity index is 1.88. The molecular weight excluding hydrogens is 322 g/mol. The molecule has 0 atom stereocenters. The summed E-state index contributed by atoms with van der Waals surface area (Å²) in [7, 11) is 0. The summed E-state index contributed by atoms with van der Waals surface area (Å²) in [6, 6.07) is 1.88. The lowest BCUT2D eigenvalue weighted by Crippen LogP contribution is -2.24. The lowest BCUT2D eigenvalue weighted by atomic mass is 10.1. The molecule has 132 valence electrons. The zero-order valence-corrected chi connectivity index (χ0v) is 14.7. The summed E-state index contributed by atoms with van der Waals surface area (Å²) in [6.07, 6.45) is 3.61. The molecule has 3 aromatic rings. The van der Waals surface area contributed by atoms with Crippen LogP contribution >= 0.6 is 0 Å². The molecular formula is C16H21N7O2. The highest BCUT2D eigenvalue weighted by Gasteiger charge is 2.20. The van der Waals surface area contributed by atoms with Gasteiger partial charge >= 0.3 is 0 Å². The van der Waals surface area contributed by atoms with Gasteiger partial charge in [-0.05, 0) is 33.8 Å². The van der Waals surface area contributed by atoms with Crippen LogP contribution in [0.1, 0.15) is 26.5 Å². The van der Waals surface area contributed by atoms with Crippen LogP contribution in [0.4, 0.5) is 11.6 Å². The third kappa shape index (κ3) is 3.59. The first-order valence-electron chi connectivity index (χ1n) is 8.05. The Bertz CT molecular complexity index is 897. The Morgan fingerprint density at radius 3 is 2.92 bits per heavy atom. The third-order valence-electron chi connectivity index (χ3n) is 3.65. The monoisotopic (exact) mass is 343 g/mol. The Kier molecular flexibility index (Phi) is 4.39. The number of aryl methyl sites for hydroxylation is 1. The van der Waals surface area contributed by atoms with Crippen molar-refractivity contribution in [3.63, 3.8) is 0 Å². The van der Waals surface area contributed by atoms with E-state index in [1.54, 1.807) is 24.7 Å². The van der Waals surface area contributed by atoms with Gasteiger partial charge in [0.1, 0.15) is 11.2 Å². The number of fused-ring (bicyclic) bond motifs is 1. The van der Waals surface area contributed by atoms with E-state index in [0.29, 0.717) is 30.6 Å². The van der Waals surface area contributed by atoms with E-state index in [0.717, 1.165) is 16.8 Å². The summed E-state index contributed by atoms with van der Waals surface area (Å²) >= 11 is 0. The Hall–Kier alpha value is -2.97. The van der Waals surface area contributed by atoms with Gasteiger partial charge in [-0.1, -0.05) is 5.18 Å². The summed E-state index contributed by atoms with van der Waals surface area (Å²) < 4.78 is 7.28. The van der Waals surface area contributed by atoms with Gasteiger partial charge in [-0.15, -0.1) is 0 Å². The molecule has 3 rings (SSSR count). The van der Waals surface area contributed by atoms with E-state index in [4.69, 9.17) is 4.74 Å². The van der Waals surface area contributed by atoms with Gasteiger partial charge in [0.25, 0.3) is 0 Å². The number of nitrogens with one attached hydrogen (secondary N) is 2. The fourth-order valence-electron chi connectivity index (χ4n) is 2.48. The molecule has 0 spiro atoms. The molecule has 0 bridgehead atoms. The SMILES string of the molecule is CCOc1nc(Nc2cn(CC(C)(C)N=O)nc2C)nc2[nH]ccc12. The quantitative estimate of drug-likeness (QED) is 0.638. The summed E-state index contributed by atoms with van der Waals surface area (Å²) in [5, 5.41) is 11.5. The summed E-state index contributed by atoms with van der Waals surface area (Å²) in [5.41, 5.74) is 1.50. The van der Waals surface area contributed by atoms with Gasteiger partial charge in [0, 0.05) is 12.4 Å². The number of aromatic nitrogens is 5. The normalized spacial score (nSPS) is 11.7. The molecule has 3 heterocycles. The number of nitrogens with zero attached hydrogens (tertiary/aromatic N) is 5. The van der Waals surface area contributed by atoms with E-state index >= 15 is 0 Å². The first-order valence-corrected chi connectivity index (χ1v) is 8.05. The Morgan fingerprint density at radius 2 is 2.20 bits per heavy atom. The molecule has 0 fully saturated rings. The standard InChI is InChI=1S/C16H21N7O2/c1-5-25-14-11-6-7-17-13(11)19-15(20-14)18-12-8-23(21-10(12)2)9-16(3,4)22-24/h6-8H,5,9H2,1-4H3,(H2,17,18,19,20). The topological polar surface area (TPSA) is 110 Å². The molecule has 0 radical (unpaired) electrons. The van der Waals surface area contributed by atoms with Crippen molar-refractivity contribution >= 4 is 22.7 Å². The van der Waals surface area contributed by atoms with E-state index in [1.807, 2.05) is 26.1 Å². The number of hydrogen-bond donors (Lipinski definition) is 2. The highest BCUT2D eigenvalue weighted by Crippen LogP contribution is 2.26. The van der Waals surface area contributed by atoms with Crippen LogP contribution in [0.25, 0.3) is 11.0 Å². The van der Waals surface area contributed by atoms with Gasteiger partial charge in [0.15, 0.2) is 0 Å². The van der Waals surface area contributed by atoms with Crippen molar-refractivity contribution in [2.75, 3.05) is 11.9 Å². The maximum absolute atomic E-state index is 10.9. The van der Waals surface area contributed by atoms with Gasteiger partial charge in [-0.25, -0.2) is 0 Å². The molecule has 2 N–H and O–H groups in total. The molecule has 0 aliphatic rings. The third-order valence-corrected chi connectivity index (χ3v) is 3.65. The van der Waals surface area contributed by atoms with Crippen LogP contribution in [0.2, 0.25) is 0 Å². The molecule has 0 unspecified atom stereocenters. The fourth-order valence-corrected chi connectivity index (χ4v) is 2.48. The Morgan fingerprint density at radius 1 is 1.40 bits per heavy atom. The minimum atomic E-state index is -0.725. The number of hydrogen-bond acceptors (Lipinski definition) is 7. The first-order chi connectivity index (χ1) is 11.9. The van der Waals surface area contributed by atoms with E-state index in [-0.39, 0.29) is 0 Å². The molecule has 9 nitrogen and oxygen atoms in total. The molecule has 0 saturated carbocycles. The van der Waals surface area contributed by atoms with E-state index in [1.165, 1.54) is 0 Å². The van der Waals surface area contributed by atoms with Crippen molar-refractivity contribution in [3.8, 4) is 5.88 Å². The minimum Gasteiger partial charge on any atom is -0.477 e. The van der Waals surface area contributed by atoms with Crippen LogP contribution in [-0.4, -0.2) is 36.9 Å². The lowest BCUT2D eigenvalue weighted by molar-refractivity contribution is 0.331. The number of ether oxygens (including phenoxy) is 1. The van der Waals surface area contributed by atoms with Gasteiger partial charge in [0.05, 0.1) is 29.9 Å². The molecule has 0 aliphatic heterocycles. The second-order valence-electron chi connectivity index (χ2n) is 6.38. The maximum Gasteiger partial charge on any atom is 0.232 e. The van der Waals surface area contributed by atoms with Crippen LogP contribution in [0.5, 0.6) is 5.88 Å². The predicted molar refractivity (Wildman–Crippen MR) is 95.2 cm³/mol. The highest BCUT2D eigenvalue weighted by atomic mass is 16.5. The molecule has 0 saturated heterocycles. The number of nitroso groups, excluding NO2 is 1. The van der Waals surface area contributed by atoms with Crippen LogP contribution < -0.4 is 10.1 Å². The molecule has 0 aromatic carbocycles. The van der Waals surface area contributed by atoms with Crippen molar-refractivity contribution in [1.29, 1.82) is 0 Å². The predicted octanol–water partition coefficient (Wildman–Crippen LogP) is 3.15. The summed E-state index contributed by atoms with van der Waals surface area (Å²) in [5.74, 6) is 0.932. The smallest absolute Gasteiger partial charge is 0.232 e. The van der Waals surface area contributed by atoms with Crippen molar-refractivity contribution in [1.82, 2.24) is 24.7 Å². The van der Waals surface area contributed by atoms with E-state index in [9.17, 15) is 4.91 Å². The van der Waals surface area contributed by atoms with Crippen LogP contribution in [0.3, 0.4) is 0 Å². The minimum absolute atomic E-state index is 0.389. The molecule has 3 aromatic heterocycles. The molecule has 0 aliphatic carbocycles. The summed E-state index contributed by atoms with van der Waals surface area (Å²) in [6.45, 7) is 8.21. The van der Waals surface area contributed by atoms with Gasteiger partial charge < -0.3 is 15.0 Å². The van der Waals surface area contributed by atoms with E-state index in [2.05, 4.69) is 30.5 Å². The molecule has 9 heteroatoms. The number of anilines is 2. The second-order valence-corrected chi connectivity index (χ2v) is 6.38. The fraction of sp³-hybridized carbons (Fsp3) is 0.438. The maximum atomic E-state index is 10.9. The van der Waals surface area contributed by atoms with E-state index < -0.39 is 5.54 Å². The average molecular weight is 343 g/mol. The zero-order chi connectivity index (χ0) is 18.0. The van der Waals surface area contributed by atoms with Crippen molar-refractivity contribution in [2.45, 2.75) is 39.8 Å². The van der Waals surface area contributed by atoms with Crippen molar-refractivity contribution < 1.29 is 4.74 Å². The van der Waals surface area contributed by atoms with Crippen LogP contribution in [0, 0.1) is 11.8 Å². The van der Waals surface area contributed by atoms with Gasteiger partial charge in [-0.2, -0.15) is 20.0 Å². The molecule has 25 heavy (non-hydrogen) atoms. The van der Waals surface area contributed by atoms with Gasteiger partial charge in [-0.3, -0.25) is 4.68 Å². The van der Waals surface area contributed by atoms with Crippen molar-refractivity contribution in [2.24, 2.45) is 5.18 Å². The highest BCUT2D eigenvalue weighted by molar-refractivity contribution is 5.82. The Labute approximate surface area is 144 Å². The number of rotatable bonds is 7. The largest absolute Gasteiger partial charge is 0.477 e.